The first-order chi connectivity index (χ1) is 13.4. The Labute approximate surface area is 168 Å². The van der Waals surface area contributed by atoms with Crippen LogP contribution in [0, 0.1) is 28.6 Å². The van der Waals surface area contributed by atoms with Gasteiger partial charge in [0.1, 0.15) is 18.4 Å². The third kappa shape index (κ3) is 2.23. The first-order valence-electron chi connectivity index (χ1n) is 10.4. The van der Waals surface area contributed by atoms with E-state index in [0.717, 1.165) is 0 Å². The normalized spacial score (nSPS) is 51.8. The molecule has 29 heavy (non-hydrogen) atoms. The quantitative estimate of drug-likeness (QED) is 0.729. The van der Waals surface area contributed by atoms with E-state index >= 15 is 8.78 Å². The second-order valence-electron chi connectivity index (χ2n) is 10.1. The van der Waals surface area contributed by atoms with Crippen LogP contribution in [0.1, 0.15) is 52.9 Å². The molecule has 1 unspecified atom stereocenters. The highest BCUT2D eigenvalue weighted by Gasteiger charge is 2.76. The second kappa shape index (κ2) is 6.03. The van der Waals surface area contributed by atoms with Gasteiger partial charge in [0.05, 0.1) is 0 Å². The summed E-state index contributed by atoms with van der Waals surface area (Å²) in [4.78, 5) is 37.9. The van der Waals surface area contributed by atoms with Crippen molar-refractivity contribution >= 4 is 17.3 Å². The molecule has 0 aromatic carbocycles. The number of hydrogen-bond donors (Lipinski definition) is 2. The molecule has 4 aliphatic rings. The minimum absolute atomic E-state index is 0.0126. The number of ketones is 3. The number of aliphatic hydroxyl groups is 2. The zero-order chi connectivity index (χ0) is 21.6. The molecule has 8 atom stereocenters. The van der Waals surface area contributed by atoms with E-state index in [1.54, 1.807) is 20.8 Å². The van der Waals surface area contributed by atoms with Crippen molar-refractivity contribution in [3.8, 4) is 0 Å². The van der Waals surface area contributed by atoms with Crippen molar-refractivity contribution < 1.29 is 33.4 Å². The molecule has 5 nitrogen and oxygen atoms in total. The molecular formula is C22H28F2O5. The summed E-state index contributed by atoms with van der Waals surface area (Å²) in [5.74, 6) is -3.85. The molecule has 7 heteroatoms. The molecule has 0 aliphatic heterocycles. The fourth-order valence-corrected chi connectivity index (χ4v) is 7.21. The van der Waals surface area contributed by atoms with Crippen molar-refractivity contribution in [3.63, 3.8) is 0 Å². The van der Waals surface area contributed by atoms with Gasteiger partial charge in [-0.3, -0.25) is 14.4 Å². The molecule has 0 saturated heterocycles. The zero-order valence-corrected chi connectivity index (χ0v) is 17.0. The van der Waals surface area contributed by atoms with Crippen LogP contribution in [0.3, 0.4) is 0 Å². The fourth-order valence-electron chi connectivity index (χ4n) is 7.21. The van der Waals surface area contributed by atoms with Gasteiger partial charge in [-0.25, -0.2) is 8.78 Å². The summed E-state index contributed by atoms with van der Waals surface area (Å²) in [6.45, 7) is 3.92. The van der Waals surface area contributed by atoms with Gasteiger partial charge in [-0.2, -0.15) is 0 Å². The number of alkyl halides is 2. The summed E-state index contributed by atoms with van der Waals surface area (Å²) in [6, 6.07) is 0. The lowest BCUT2D eigenvalue weighted by Gasteiger charge is -2.61. The smallest absolute Gasteiger partial charge is 0.190 e. The van der Waals surface area contributed by atoms with E-state index in [4.69, 9.17) is 0 Å². The molecule has 0 heterocycles. The maximum absolute atomic E-state index is 16.9. The van der Waals surface area contributed by atoms with E-state index in [-0.39, 0.29) is 43.5 Å². The lowest BCUT2D eigenvalue weighted by atomic mass is 9.43. The summed E-state index contributed by atoms with van der Waals surface area (Å²) < 4.78 is 32.1. The highest BCUT2D eigenvalue weighted by Crippen LogP contribution is 2.69. The molecule has 0 aromatic rings. The SMILES string of the molecule is C[C@@H]1C[C@@]2(C)C(=CC1=O)C(F)C[C@H]1[C@@H]3CC[C@](O)(C(=O)CO)[C@@]3(C)CC(=O)[C@@]12F. The van der Waals surface area contributed by atoms with E-state index < -0.39 is 64.2 Å². The van der Waals surface area contributed by atoms with Crippen molar-refractivity contribution in [1.82, 2.24) is 0 Å². The minimum Gasteiger partial charge on any atom is -0.388 e. The number of Topliss-reactive ketones (excluding diaryl/α,β-unsaturated/α-hetero) is 2. The number of fused-ring (bicyclic) bond motifs is 5. The molecule has 4 aliphatic carbocycles. The van der Waals surface area contributed by atoms with E-state index in [9.17, 15) is 24.6 Å². The van der Waals surface area contributed by atoms with Crippen LogP contribution >= 0.6 is 0 Å². The summed E-state index contributed by atoms with van der Waals surface area (Å²) in [5.41, 5.74) is -6.90. The number of hydrogen-bond acceptors (Lipinski definition) is 5. The molecular weight excluding hydrogens is 382 g/mol. The van der Waals surface area contributed by atoms with Gasteiger partial charge in [0, 0.05) is 29.1 Å². The van der Waals surface area contributed by atoms with E-state index in [1.165, 1.54) is 6.08 Å². The van der Waals surface area contributed by atoms with E-state index in [1.807, 2.05) is 0 Å². The Morgan fingerprint density at radius 3 is 2.55 bits per heavy atom. The monoisotopic (exact) mass is 410 g/mol. The van der Waals surface area contributed by atoms with Crippen LogP contribution in [0.2, 0.25) is 0 Å². The Bertz CT molecular complexity index is 839. The number of rotatable bonds is 2. The molecule has 3 saturated carbocycles. The van der Waals surface area contributed by atoms with Crippen molar-refractivity contribution in [1.29, 1.82) is 0 Å². The van der Waals surface area contributed by atoms with Crippen LogP contribution in [0.5, 0.6) is 0 Å². The van der Waals surface area contributed by atoms with E-state index in [0.29, 0.717) is 0 Å². The van der Waals surface area contributed by atoms with Crippen molar-refractivity contribution in [2.24, 2.45) is 28.6 Å². The first-order valence-corrected chi connectivity index (χ1v) is 10.4. The Hall–Kier alpha value is -1.47. The lowest BCUT2D eigenvalue weighted by molar-refractivity contribution is -0.193. The Balaban J connectivity index is 1.85. The van der Waals surface area contributed by atoms with Crippen LogP contribution < -0.4 is 0 Å². The van der Waals surface area contributed by atoms with Crippen molar-refractivity contribution in [2.45, 2.75) is 70.3 Å². The third-order valence-corrected chi connectivity index (χ3v) is 8.85. The van der Waals surface area contributed by atoms with Crippen molar-refractivity contribution in [3.05, 3.63) is 11.6 Å². The highest BCUT2D eigenvalue weighted by molar-refractivity contribution is 5.98. The predicted molar refractivity (Wildman–Crippen MR) is 99.3 cm³/mol. The Kier molecular flexibility index (Phi) is 4.33. The van der Waals surface area contributed by atoms with Gasteiger partial charge in [-0.05, 0) is 43.3 Å². The molecule has 0 bridgehead atoms. The first kappa shape index (κ1) is 20.8. The van der Waals surface area contributed by atoms with Crippen LogP contribution in [-0.4, -0.2) is 51.6 Å². The highest BCUT2D eigenvalue weighted by atomic mass is 19.1. The number of halogens is 2. The van der Waals surface area contributed by atoms with E-state index in [2.05, 4.69) is 0 Å². The van der Waals surface area contributed by atoms with Gasteiger partial charge >= 0.3 is 0 Å². The summed E-state index contributed by atoms with van der Waals surface area (Å²) in [7, 11) is 0. The maximum atomic E-state index is 16.9. The van der Waals surface area contributed by atoms with Gasteiger partial charge < -0.3 is 10.2 Å². The van der Waals surface area contributed by atoms with Crippen LogP contribution in [0.4, 0.5) is 8.78 Å². The standard InChI is InChI=1S/C22H28F2O5/c1-11-8-20(3)14(7-16(11)26)15(23)6-13-12-4-5-21(29,18(28)10-25)19(12,2)9-17(27)22(13,20)24/h7,11-13,15,25,29H,4-6,8-10H2,1-3H3/t11-,12+,13+,15?,19+,20+,21+,22+/m1/s1. The molecule has 0 spiro atoms. The van der Waals surface area contributed by atoms with Crippen LogP contribution in [0.15, 0.2) is 11.6 Å². The zero-order valence-electron chi connectivity index (χ0n) is 17.0. The number of carbonyl (C=O) groups excluding carboxylic acids is 3. The summed E-state index contributed by atoms with van der Waals surface area (Å²) in [6.07, 6.45) is -0.623. The van der Waals surface area contributed by atoms with Gasteiger partial charge in [-0.1, -0.05) is 20.8 Å². The van der Waals surface area contributed by atoms with Gasteiger partial charge in [0.15, 0.2) is 23.0 Å². The molecule has 0 aromatic heterocycles. The molecule has 160 valence electrons. The largest absolute Gasteiger partial charge is 0.388 e. The summed E-state index contributed by atoms with van der Waals surface area (Å²) in [5, 5.41) is 20.4. The average Bonchev–Trinajstić information content (AvgIpc) is 2.91. The van der Waals surface area contributed by atoms with Gasteiger partial charge in [0.25, 0.3) is 0 Å². The Morgan fingerprint density at radius 1 is 1.28 bits per heavy atom. The third-order valence-electron chi connectivity index (χ3n) is 8.85. The number of carbonyl (C=O) groups is 3. The number of allylic oxidation sites excluding steroid dienone is 1. The molecule has 3 fully saturated rings. The Morgan fingerprint density at radius 2 is 1.93 bits per heavy atom. The molecule has 0 amide bonds. The van der Waals surface area contributed by atoms with Crippen LogP contribution in [0.25, 0.3) is 0 Å². The van der Waals surface area contributed by atoms with Gasteiger partial charge in [-0.15, -0.1) is 0 Å². The second-order valence-corrected chi connectivity index (χ2v) is 10.1. The summed E-state index contributed by atoms with van der Waals surface area (Å²) >= 11 is 0. The molecule has 2 N–H and O–H groups in total. The molecule has 0 radical (unpaired) electrons. The lowest BCUT2D eigenvalue weighted by Crippen LogP contribution is -2.69. The van der Waals surface area contributed by atoms with Crippen LogP contribution in [-0.2, 0) is 14.4 Å². The van der Waals surface area contributed by atoms with Crippen molar-refractivity contribution in [2.75, 3.05) is 6.61 Å². The van der Waals surface area contributed by atoms with Gasteiger partial charge in [0.2, 0.25) is 0 Å². The fraction of sp³-hybridized carbons (Fsp3) is 0.773. The minimum atomic E-state index is -2.35. The predicted octanol–water partition coefficient (Wildman–Crippen LogP) is 2.28. The number of aliphatic hydroxyl groups excluding tert-OH is 1. The maximum Gasteiger partial charge on any atom is 0.190 e. The average molecular weight is 410 g/mol. The molecule has 4 rings (SSSR count). The topological polar surface area (TPSA) is 91.7 Å².